The molecule has 3 aromatic rings. The van der Waals surface area contributed by atoms with Crippen molar-refractivity contribution in [3.05, 3.63) is 42.4 Å². The molecule has 0 aromatic carbocycles. The topological polar surface area (TPSA) is 130 Å². The smallest absolute Gasteiger partial charge is 0.218 e. The lowest BCUT2D eigenvalue weighted by Gasteiger charge is -2.41. The number of nitrogens with one attached hydrogen (secondary N) is 1. The Morgan fingerprint density at radius 2 is 2.12 bits per heavy atom. The van der Waals surface area contributed by atoms with Crippen molar-refractivity contribution in [2.24, 2.45) is 0 Å². The first-order chi connectivity index (χ1) is 16.2. The Morgan fingerprint density at radius 3 is 2.71 bits per heavy atom. The summed E-state index contributed by atoms with van der Waals surface area (Å²) in [5.41, 5.74) is 2.55. The number of rotatable bonds is 6. The van der Waals surface area contributed by atoms with E-state index in [1.807, 2.05) is 19.1 Å². The van der Waals surface area contributed by atoms with Crippen LogP contribution in [-0.4, -0.2) is 52.8 Å². The van der Waals surface area contributed by atoms with Crippen LogP contribution < -0.4 is 15.0 Å². The molecule has 1 aliphatic heterocycles. The van der Waals surface area contributed by atoms with E-state index in [0.29, 0.717) is 42.2 Å². The molecule has 0 radical (unpaired) electrons. The molecule has 4 heterocycles. The lowest BCUT2D eigenvalue weighted by Crippen LogP contribution is -2.61. The summed E-state index contributed by atoms with van der Waals surface area (Å²) in [7, 11) is -3.64. The molecule has 178 valence electrons. The number of hydrogen-bond donors (Lipinski definition) is 1. The predicted molar refractivity (Wildman–Crippen MR) is 127 cm³/mol. The molecule has 0 bridgehead atoms. The highest BCUT2D eigenvalue weighted by Crippen LogP contribution is 2.34. The van der Waals surface area contributed by atoms with Crippen molar-refractivity contribution in [2.75, 3.05) is 23.9 Å². The Balaban J connectivity index is 1.66. The van der Waals surface area contributed by atoms with E-state index < -0.39 is 14.7 Å². The van der Waals surface area contributed by atoms with Gasteiger partial charge >= 0.3 is 0 Å². The fraction of sp³-hybridized carbons (Fsp3) is 0.391. The average molecular weight is 483 g/mol. The van der Waals surface area contributed by atoms with Gasteiger partial charge in [0.1, 0.15) is 28.4 Å². The zero-order valence-corrected chi connectivity index (χ0v) is 20.1. The van der Waals surface area contributed by atoms with Crippen LogP contribution in [-0.2, 0) is 14.6 Å². The second-order valence-corrected chi connectivity index (χ2v) is 10.4. The first-order valence-electron chi connectivity index (χ1n) is 11.0. The van der Waals surface area contributed by atoms with Crippen molar-refractivity contribution >= 4 is 27.1 Å². The zero-order chi connectivity index (χ0) is 24.5. The summed E-state index contributed by atoms with van der Waals surface area (Å²) >= 11 is 0. The van der Waals surface area contributed by atoms with Gasteiger partial charge in [0.25, 0.3) is 0 Å². The molecular weight excluding hydrogens is 456 g/mol. The van der Waals surface area contributed by atoms with Gasteiger partial charge in [0.05, 0.1) is 30.1 Å². The Labute approximate surface area is 198 Å². The molecule has 1 amide bonds. The number of pyridine rings is 2. The van der Waals surface area contributed by atoms with Crippen LogP contribution in [0.15, 0.2) is 36.8 Å². The maximum absolute atomic E-state index is 13.1. The van der Waals surface area contributed by atoms with Gasteiger partial charge in [-0.2, -0.15) is 10.4 Å². The maximum atomic E-state index is 13.1. The van der Waals surface area contributed by atoms with Gasteiger partial charge in [0, 0.05) is 37.2 Å². The van der Waals surface area contributed by atoms with Gasteiger partial charge in [0.15, 0.2) is 9.84 Å². The minimum absolute atomic E-state index is 0.237. The van der Waals surface area contributed by atoms with Crippen molar-refractivity contribution in [1.82, 2.24) is 19.9 Å². The van der Waals surface area contributed by atoms with Crippen molar-refractivity contribution in [2.45, 2.75) is 38.5 Å². The van der Waals surface area contributed by atoms with E-state index in [-0.39, 0.29) is 18.2 Å². The lowest BCUT2D eigenvalue weighted by atomic mass is 10.1. The fourth-order valence-electron chi connectivity index (χ4n) is 4.37. The number of aromatic nitrogens is 3. The van der Waals surface area contributed by atoms with Gasteiger partial charge in [-0.1, -0.05) is 6.92 Å². The molecule has 0 aliphatic carbocycles. The van der Waals surface area contributed by atoms with Gasteiger partial charge in [-0.25, -0.2) is 17.9 Å². The zero-order valence-electron chi connectivity index (χ0n) is 19.3. The third-order valence-corrected chi connectivity index (χ3v) is 8.52. The highest BCUT2D eigenvalue weighted by Gasteiger charge is 2.47. The average Bonchev–Trinajstić information content (AvgIpc) is 3.23. The number of nitriles is 1. The molecule has 11 heteroatoms. The SMILES string of the molecule is CCOc1cc(-c2ccc(N3CCC(CC)(NC(C)=O)S(=O)(=O)C3)nc2)c2c(C#N)cnn2c1. The van der Waals surface area contributed by atoms with Crippen LogP contribution in [0, 0.1) is 11.3 Å². The molecule has 1 aliphatic rings. The second kappa shape index (κ2) is 8.95. The number of carbonyl (C=O) groups is 1. The highest BCUT2D eigenvalue weighted by molar-refractivity contribution is 7.92. The minimum atomic E-state index is -3.64. The third-order valence-electron chi connectivity index (χ3n) is 6.08. The van der Waals surface area contributed by atoms with Crippen molar-refractivity contribution < 1.29 is 17.9 Å². The summed E-state index contributed by atoms with van der Waals surface area (Å²) in [5, 5.41) is 16.4. The van der Waals surface area contributed by atoms with Crippen molar-refractivity contribution in [3.8, 4) is 22.9 Å². The molecule has 0 saturated carbocycles. The predicted octanol–water partition coefficient (Wildman–Crippen LogP) is 2.49. The number of nitrogens with zero attached hydrogens (tertiary/aromatic N) is 5. The molecular formula is C23H26N6O4S. The maximum Gasteiger partial charge on any atom is 0.218 e. The number of amides is 1. The van der Waals surface area contributed by atoms with Gasteiger partial charge < -0.3 is 15.0 Å². The van der Waals surface area contributed by atoms with Crippen molar-refractivity contribution in [3.63, 3.8) is 0 Å². The van der Waals surface area contributed by atoms with Gasteiger partial charge in [-0.3, -0.25) is 4.79 Å². The first kappa shape index (κ1) is 23.5. The molecule has 1 fully saturated rings. The summed E-state index contributed by atoms with van der Waals surface area (Å²) in [4.78, 5) is 16.6. The van der Waals surface area contributed by atoms with E-state index in [9.17, 15) is 18.5 Å². The number of anilines is 1. The van der Waals surface area contributed by atoms with E-state index in [1.165, 1.54) is 13.1 Å². The van der Waals surface area contributed by atoms with E-state index in [0.717, 1.165) is 11.1 Å². The summed E-state index contributed by atoms with van der Waals surface area (Å²) in [5.74, 6) is 0.528. The highest BCUT2D eigenvalue weighted by atomic mass is 32.2. The summed E-state index contributed by atoms with van der Waals surface area (Å²) in [6.07, 6.45) is 5.44. The number of hydrogen-bond acceptors (Lipinski definition) is 8. The van der Waals surface area contributed by atoms with Crippen molar-refractivity contribution in [1.29, 1.82) is 5.26 Å². The van der Waals surface area contributed by atoms with Crippen LogP contribution in [0.25, 0.3) is 16.6 Å². The molecule has 0 spiro atoms. The largest absolute Gasteiger partial charge is 0.492 e. The summed E-state index contributed by atoms with van der Waals surface area (Å²) in [6.45, 7) is 5.89. The fourth-order valence-corrected chi connectivity index (χ4v) is 6.43. The molecule has 1 atom stereocenters. The first-order valence-corrected chi connectivity index (χ1v) is 12.7. The van der Waals surface area contributed by atoms with E-state index in [4.69, 9.17) is 4.74 Å². The Hall–Kier alpha value is -3.65. The van der Waals surface area contributed by atoms with Crippen LogP contribution in [0.4, 0.5) is 5.82 Å². The van der Waals surface area contributed by atoms with Gasteiger partial charge in [-0.05, 0) is 31.5 Å². The van der Waals surface area contributed by atoms with Crippen LogP contribution in [0.3, 0.4) is 0 Å². The molecule has 3 aromatic heterocycles. The molecule has 4 rings (SSSR count). The van der Waals surface area contributed by atoms with Crippen LogP contribution in [0.2, 0.25) is 0 Å². The molecule has 10 nitrogen and oxygen atoms in total. The number of sulfone groups is 1. The van der Waals surface area contributed by atoms with Crippen LogP contribution >= 0.6 is 0 Å². The minimum Gasteiger partial charge on any atom is -0.492 e. The number of ether oxygens (including phenoxy) is 1. The standard InChI is InChI=1S/C23H26N6O4S/c1-4-23(27-16(3)30)8-9-28(15-34(23,31)32)21-7-6-17(12-25-21)20-10-19(33-5-2)14-29-22(20)18(11-24)13-26-29/h6-7,10,12-14H,4-5,8-9,15H2,1-3H3,(H,27,30). The lowest BCUT2D eigenvalue weighted by molar-refractivity contribution is -0.120. The van der Waals surface area contributed by atoms with Crippen LogP contribution in [0.1, 0.15) is 39.2 Å². The Bertz CT molecular complexity index is 1380. The number of carbonyl (C=O) groups excluding carboxylic acids is 1. The Kier molecular flexibility index (Phi) is 6.18. The number of fused-ring (bicyclic) bond motifs is 1. The van der Waals surface area contributed by atoms with E-state index in [2.05, 4.69) is 21.5 Å². The van der Waals surface area contributed by atoms with Gasteiger partial charge in [-0.15, -0.1) is 0 Å². The molecule has 34 heavy (non-hydrogen) atoms. The quantitative estimate of drug-likeness (QED) is 0.567. The molecule has 1 unspecified atom stereocenters. The monoisotopic (exact) mass is 482 g/mol. The van der Waals surface area contributed by atoms with E-state index >= 15 is 0 Å². The third kappa shape index (κ3) is 4.05. The molecule has 1 saturated heterocycles. The molecule has 1 N–H and O–H groups in total. The summed E-state index contributed by atoms with van der Waals surface area (Å²) in [6, 6.07) is 7.60. The van der Waals surface area contributed by atoms with E-state index in [1.54, 1.807) is 34.8 Å². The normalized spacial score (nSPS) is 19.5. The van der Waals surface area contributed by atoms with Crippen LogP contribution in [0.5, 0.6) is 5.75 Å². The van der Waals surface area contributed by atoms with Gasteiger partial charge in [0.2, 0.25) is 5.91 Å². The summed E-state index contributed by atoms with van der Waals surface area (Å²) < 4.78 is 33.4. The Morgan fingerprint density at radius 1 is 1.32 bits per heavy atom. The second-order valence-electron chi connectivity index (χ2n) is 8.18.